The summed E-state index contributed by atoms with van der Waals surface area (Å²) in [7, 11) is 1.74. The van der Waals surface area contributed by atoms with Gasteiger partial charge in [0.1, 0.15) is 5.60 Å². The summed E-state index contributed by atoms with van der Waals surface area (Å²) >= 11 is 0. The van der Waals surface area contributed by atoms with Gasteiger partial charge in [0, 0.05) is 32.2 Å². The number of fused-ring (bicyclic) bond motifs is 1. The fourth-order valence-corrected chi connectivity index (χ4v) is 2.48. The Hall–Kier alpha value is -1.00. The van der Waals surface area contributed by atoms with Crippen LogP contribution in [0.3, 0.4) is 0 Å². The van der Waals surface area contributed by atoms with Gasteiger partial charge < -0.3 is 10.1 Å². The summed E-state index contributed by atoms with van der Waals surface area (Å²) in [6.07, 6.45) is 1.85. The van der Waals surface area contributed by atoms with Crippen molar-refractivity contribution >= 4 is 0 Å². The van der Waals surface area contributed by atoms with Crippen molar-refractivity contribution < 1.29 is 4.74 Å². The van der Waals surface area contributed by atoms with Crippen molar-refractivity contribution in [3.8, 4) is 0 Å². The van der Waals surface area contributed by atoms with Crippen LogP contribution in [0.25, 0.3) is 0 Å². The molecule has 0 amide bonds. The summed E-state index contributed by atoms with van der Waals surface area (Å²) in [6, 6.07) is 0. The second kappa shape index (κ2) is 5.55. The van der Waals surface area contributed by atoms with Gasteiger partial charge in [0.15, 0.2) is 5.82 Å². The van der Waals surface area contributed by atoms with E-state index < -0.39 is 0 Å². The monoisotopic (exact) mass is 263 g/mol. The average Bonchev–Trinajstić information content (AvgIpc) is 2.45. The second-order valence-electron chi connectivity index (χ2n) is 5.73. The van der Waals surface area contributed by atoms with Gasteiger partial charge in [0.25, 0.3) is 0 Å². The maximum atomic E-state index is 5.66. The van der Waals surface area contributed by atoms with E-state index in [1.807, 2.05) is 0 Å². The topological polar surface area (TPSA) is 47.0 Å². The van der Waals surface area contributed by atoms with Crippen LogP contribution in [0.2, 0.25) is 0 Å². The van der Waals surface area contributed by atoms with Crippen molar-refractivity contribution in [2.24, 2.45) is 0 Å². The minimum Gasteiger partial charge on any atom is -0.371 e. The molecule has 19 heavy (non-hydrogen) atoms. The van der Waals surface area contributed by atoms with Crippen molar-refractivity contribution in [1.29, 1.82) is 0 Å². The minimum atomic E-state index is -0.385. The molecular formula is C15H25N3O. The molecule has 1 aromatic heterocycles. The Kier molecular flexibility index (Phi) is 4.21. The SMILES string of the molecule is CCC(C)(OC)c1nc2c(c(C(C)C)n1)CNCC2. The van der Waals surface area contributed by atoms with Crippen LogP contribution in [-0.2, 0) is 23.3 Å². The number of nitrogens with one attached hydrogen (secondary N) is 1. The first kappa shape index (κ1) is 14.4. The molecule has 4 heteroatoms. The Morgan fingerprint density at radius 1 is 1.37 bits per heavy atom. The molecular weight excluding hydrogens is 238 g/mol. The van der Waals surface area contributed by atoms with Crippen molar-refractivity contribution in [2.45, 2.75) is 58.6 Å². The summed E-state index contributed by atoms with van der Waals surface area (Å²) < 4.78 is 5.66. The molecule has 0 saturated carbocycles. The van der Waals surface area contributed by atoms with Gasteiger partial charge in [-0.3, -0.25) is 0 Å². The third kappa shape index (κ3) is 2.65. The predicted octanol–water partition coefficient (Wildman–Crippen LogP) is 2.52. The molecule has 1 unspecified atom stereocenters. The van der Waals surface area contributed by atoms with E-state index in [9.17, 15) is 0 Å². The van der Waals surface area contributed by atoms with Crippen LogP contribution in [0.4, 0.5) is 0 Å². The van der Waals surface area contributed by atoms with E-state index in [1.54, 1.807) is 7.11 Å². The molecule has 0 aliphatic carbocycles. The summed E-state index contributed by atoms with van der Waals surface area (Å²) in [5.74, 6) is 1.25. The number of methoxy groups -OCH3 is 1. The largest absolute Gasteiger partial charge is 0.371 e. The Labute approximate surface area is 116 Å². The molecule has 1 atom stereocenters. The summed E-state index contributed by atoms with van der Waals surface area (Å²) in [6.45, 7) is 10.5. The van der Waals surface area contributed by atoms with Crippen molar-refractivity contribution in [1.82, 2.24) is 15.3 Å². The number of nitrogens with zero attached hydrogens (tertiary/aromatic N) is 2. The Bertz CT molecular complexity index is 453. The maximum Gasteiger partial charge on any atom is 0.160 e. The molecule has 0 spiro atoms. The van der Waals surface area contributed by atoms with Crippen molar-refractivity contribution in [2.75, 3.05) is 13.7 Å². The Morgan fingerprint density at radius 3 is 2.68 bits per heavy atom. The van der Waals surface area contributed by atoms with Gasteiger partial charge in [0.2, 0.25) is 0 Å². The summed E-state index contributed by atoms with van der Waals surface area (Å²) in [4.78, 5) is 9.62. The van der Waals surface area contributed by atoms with Gasteiger partial charge in [-0.15, -0.1) is 0 Å². The van der Waals surface area contributed by atoms with Crippen LogP contribution in [0.5, 0.6) is 0 Å². The van der Waals surface area contributed by atoms with E-state index in [0.717, 1.165) is 31.8 Å². The van der Waals surface area contributed by atoms with E-state index in [2.05, 4.69) is 33.0 Å². The highest BCUT2D eigenvalue weighted by Gasteiger charge is 2.30. The first-order valence-electron chi connectivity index (χ1n) is 7.18. The smallest absolute Gasteiger partial charge is 0.160 e. The maximum absolute atomic E-state index is 5.66. The fraction of sp³-hybridized carbons (Fsp3) is 0.733. The molecule has 0 radical (unpaired) electrons. The van der Waals surface area contributed by atoms with Gasteiger partial charge in [-0.05, 0) is 19.3 Å². The normalized spacial score (nSPS) is 18.2. The lowest BCUT2D eigenvalue weighted by molar-refractivity contribution is -0.00945. The molecule has 4 nitrogen and oxygen atoms in total. The summed E-state index contributed by atoms with van der Waals surface area (Å²) in [5, 5.41) is 3.41. The number of aromatic nitrogens is 2. The van der Waals surface area contributed by atoms with Crippen LogP contribution in [0, 0.1) is 0 Å². The zero-order valence-electron chi connectivity index (χ0n) is 12.7. The molecule has 0 bridgehead atoms. The predicted molar refractivity (Wildman–Crippen MR) is 76.2 cm³/mol. The zero-order chi connectivity index (χ0) is 14.0. The molecule has 2 heterocycles. The molecule has 1 aliphatic rings. The van der Waals surface area contributed by atoms with E-state index >= 15 is 0 Å². The lowest BCUT2D eigenvalue weighted by Crippen LogP contribution is -2.32. The number of hydrogen-bond donors (Lipinski definition) is 1. The van der Waals surface area contributed by atoms with Crippen LogP contribution >= 0.6 is 0 Å². The van der Waals surface area contributed by atoms with E-state index in [-0.39, 0.29) is 5.60 Å². The highest BCUT2D eigenvalue weighted by Crippen LogP contribution is 2.29. The van der Waals surface area contributed by atoms with Crippen LogP contribution in [0.1, 0.15) is 62.8 Å². The summed E-state index contributed by atoms with van der Waals surface area (Å²) in [5.41, 5.74) is 3.27. The number of ether oxygens (including phenoxy) is 1. The van der Waals surface area contributed by atoms with E-state index in [1.165, 1.54) is 17.0 Å². The van der Waals surface area contributed by atoms with Crippen molar-refractivity contribution in [3.05, 3.63) is 22.8 Å². The van der Waals surface area contributed by atoms with Gasteiger partial charge >= 0.3 is 0 Å². The number of rotatable bonds is 4. The lowest BCUT2D eigenvalue weighted by atomic mass is 9.96. The second-order valence-corrected chi connectivity index (χ2v) is 5.73. The highest BCUT2D eigenvalue weighted by atomic mass is 16.5. The first-order valence-corrected chi connectivity index (χ1v) is 7.18. The van der Waals surface area contributed by atoms with E-state index in [0.29, 0.717) is 5.92 Å². The average molecular weight is 263 g/mol. The Balaban J connectivity index is 2.55. The van der Waals surface area contributed by atoms with Gasteiger partial charge in [-0.2, -0.15) is 0 Å². The Morgan fingerprint density at radius 2 is 2.11 bits per heavy atom. The third-order valence-electron chi connectivity index (χ3n) is 4.11. The van der Waals surface area contributed by atoms with Crippen LogP contribution < -0.4 is 5.32 Å². The van der Waals surface area contributed by atoms with Gasteiger partial charge in [0.05, 0.1) is 11.4 Å². The van der Waals surface area contributed by atoms with Crippen molar-refractivity contribution in [3.63, 3.8) is 0 Å². The van der Waals surface area contributed by atoms with Gasteiger partial charge in [-0.25, -0.2) is 9.97 Å². The van der Waals surface area contributed by atoms with Gasteiger partial charge in [-0.1, -0.05) is 20.8 Å². The molecule has 0 aromatic carbocycles. The number of hydrogen-bond acceptors (Lipinski definition) is 4. The standard InChI is InChI=1S/C15H25N3O/c1-6-15(4,19-5)14-17-12-7-8-16-9-11(12)13(18-14)10(2)3/h10,16H,6-9H2,1-5H3. The molecule has 1 aliphatic heterocycles. The molecule has 1 aromatic rings. The highest BCUT2D eigenvalue weighted by molar-refractivity contribution is 5.31. The molecule has 0 fully saturated rings. The molecule has 1 N–H and O–H groups in total. The molecule has 0 saturated heterocycles. The minimum absolute atomic E-state index is 0.385. The quantitative estimate of drug-likeness (QED) is 0.906. The van der Waals surface area contributed by atoms with Crippen LogP contribution in [0.15, 0.2) is 0 Å². The molecule has 2 rings (SSSR count). The molecule has 106 valence electrons. The third-order valence-corrected chi connectivity index (χ3v) is 4.11. The van der Waals surface area contributed by atoms with Crippen LogP contribution in [-0.4, -0.2) is 23.6 Å². The van der Waals surface area contributed by atoms with E-state index in [4.69, 9.17) is 14.7 Å². The lowest BCUT2D eigenvalue weighted by Gasteiger charge is -2.29. The first-order chi connectivity index (χ1) is 9.01. The fourth-order valence-electron chi connectivity index (χ4n) is 2.48. The zero-order valence-corrected chi connectivity index (χ0v) is 12.7.